The van der Waals surface area contributed by atoms with Gasteiger partial charge in [0.05, 0.1) is 7.11 Å². The van der Waals surface area contributed by atoms with E-state index >= 15 is 0 Å². The Morgan fingerprint density at radius 2 is 1.42 bits per heavy atom. The van der Waals surface area contributed by atoms with Gasteiger partial charge in [0.2, 0.25) is 5.91 Å². The molecule has 0 aliphatic heterocycles. The summed E-state index contributed by atoms with van der Waals surface area (Å²) in [5.41, 5.74) is 8.55. The molecule has 0 saturated heterocycles. The van der Waals surface area contributed by atoms with E-state index in [0.29, 0.717) is 11.5 Å². The van der Waals surface area contributed by atoms with Crippen molar-refractivity contribution in [3.8, 4) is 11.1 Å². The normalized spacial score (nSPS) is 14.1. The molecule has 0 unspecified atom stereocenters. The minimum atomic E-state index is -0.904. The maximum absolute atomic E-state index is 12.9. The highest BCUT2D eigenvalue weighted by Gasteiger charge is 2.30. The highest BCUT2D eigenvalue weighted by Crippen LogP contribution is 2.44. The van der Waals surface area contributed by atoms with Crippen molar-refractivity contribution in [3.63, 3.8) is 0 Å². The van der Waals surface area contributed by atoms with Gasteiger partial charge in [0.1, 0.15) is 18.7 Å². The first-order chi connectivity index (χ1) is 21.6. The third-order valence-electron chi connectivity index (χ3n) is 7.83. The zero-order valence-electron chi connectivity index (χ0n) is 27.5. The second-order valence-corrected chi connectivity index (χ2v) is 12.8. The second-order valence-electron chi connectivity index (χ2n) is 11.8. The Morgan fingerprint density at radius 3 is 2.02 bits per heavy atom. The van der Waals surface area contributed by atoms with Crippen molar-refractivity contribution < 1.29 is 23.9 Å². The number of benzene rings is 2. The lowest BCUT2D eigenvalue weighted by Gasteiger charge is -2.20. The van der Waals surface area contributed by atoms with Crippen molar-refractivity contribution in [1.29, 1.82) is 0 Å². The third kappa shape index (κ3) is 11.3. The molecule has 2 aromatic carbocycles. The molecule has 1 aliphatic carbocycles. The number of thioether (sulfide) groups is 1. The molecule has 2 atom stereocenters. The van der Waals surface area contributed by atoms with E-state index in [4.69, 9.17) is 9.47 Å². The molecule has 1 aliphatic rings. The zero-order valence-corrected chi connectivity index (χ0v) is 28.3. The number of rotatable bonds is 16. The smallest absolute Gasteiger partial charge is 0.407 e. The van der Waals surface area contributed by atoms with Crippen LogP contribution in [0.25, 0.3) is 11.1 Å². The molecule has 0 spiro atoms. The molecule has 0 aromatic heterocycles. The molecular formula is C37H48N2O5S. The van der Waals surface area contributed by atoms with E-state index in [-0.39, 0.29) is 12.5 Å². The molecule has 242 valence electrons. The van der Waals surface area contributed by atoms with Gasteiger partial charge < -0.3 is 20.1 Å². The van der Waals surface area contributed by atoms with Crippen molar-refractivity contribution >= 4 is 29.7 Å². The first-order valence-electron chi connectivity index (χ1n) is 15.6. The highest BCUT2D eigenvalue weighted by molar-refractivity contribution is 7.99. The first-order valence-corrected chi connectivity index (χ1v) is 16.8. The van der Waals surface area contributed by atoms with Gasteiger partial charge >= 0.3 is 12.1 Å². The van der Waals surface area contributed by atoms with Crippen LogP contribution in [0, 0.1) is 0 Å². The summed E-state index contributed by atoms with van der Waals surface area (Å²) < 4.78 is 10.5. The summed E-state index contributed by atoms with van der Waals surface area (Å²) in [6.07, 6.45) is 10.2. The van der Waals surface area contributed by atoms with Crippen LogP contribution in [0.15, 0.2) is 83.5 Å². The Balaban J connectivity index is 1.43. The predicted molar refractivity (Wildman–Crippen MR) is 184 cm³/mol. The van der Waals surface area contributed by atoms with Gasteiger partial charge in [0.25, 0.3) is 0 Å². The van der Waals surface area contributed by atoms with Gasteiger partial charge in [-0.05, 0) is 82.6 Å². The summed E-state index contributed by atoms with van der Waals surface area (Å²) in [5, 5.41) is 5.31. The van der Waals surface area contributed by atoms with E-state index in [2.05, 4.69) is 68.7 Å². The number of allylic oxidation sites excluding steroid dienone is 5. The van der Waals surface area contributed by atoms with Crippen LogP contribution in [0.2, 0.25) is 0 Å². The van der Waals surface area contributed by atoms with E-state index in [1.54, 1.807) is 6.92 Å². The van der Waals surface area contributed by atoms with Crippen molar-refractivity contribution in [3.05, 3.63) is 94.6 Å². The number of hydrogen-bond donors (Lipinski definition) is 2. The van der Waals surface area contributed by atoms with Crippen molar-refractivity contribution in [2.75, 3.05) is 25.2 Å². The number of amides is 2. The average molecular weight is 633 g/mol. The van der Waals surface area contributed by atoms with Gasteiger partial charge in [-0.3, -0.25) is 4.79 Å². The fraction of sp³-hybridized carbons (Fsp3) is 0.432. The Kier molecular flexibility index (Phi) is 14.5. The number of alkyl carbamates (subject to hydrolysis) is 1. The molecule has 0 bridgehead atoms. The number of carbonyl (C=O) groups is 3. The van der Waals surface area contributed by atoms with Crippen LogP contribution in [0.5, 0.6) is 0 Å². The van der Waals surface area contributed by atoms with E-state index in [1.807, 2.05) is 36.4 Å². The van der Waals surface area contributed by atoms with Crippen LogP contribution >= 0.6 is 11.8 Å². The number of carbonyl (C=O) groups excluding carboxylic acids is 3. The number of nitrogens with one attached hydrogen (secondary N) is 2. The lowest BCUT2D eigenvalue weighted by Crippen LogP contribution is -2.51. The summed E-state index contributed by atoms with van der Waals surface area (Å²) in [4.78, 5) is 37.9. The van der Waals surface area contributed by atoms with Crippen LogP contribution in [0.4, 0.5) is 4.79 Å². The molecule has 2 N–H and O–H groups in total. The van der Waals surface area contributed by atoms with E-state index in [1.165, 1.54) is 35.6 Å². The summed E-state index contributed by atoms with van der Waals surface area (Å²) in [7, 11) is 1.30. The monoisotopic (exact) mass is 632 g/mol. The SMILES string of the molecule is COC(=O)[C@H](CSC/C=C(/C)CC/C=C(/C)CCC=C(C)C)NC(=O)[C@H](C)NC(=O)OCC1c2ccccc2-c2ccccc21. The van der Waals surface area contributed by atoms with Gasteiger partial charge in [0, 0.05) is 17.4 Å². The molecule has 2 aromatic rings. The largest absolute Gasteiger partial charge is 0.467 e. The first kappa shape index (κ1) is 35.7. The molecule has 7 nitrogen and oxygen atoms in total. The lowest BCUT2D eigenvalue weighted by atomic mass is 9.98. The van der Waals surface area contributed by atoms with E-state index in [0.717, 1.165) is 47.9 Å². The molecule has 3 rings (SSSR count). The molecule has 2 amide bonds. The summed E-state index contributed by atoms with van der Waals surface area (Å²) in [5.74, 6) is -0.0321. The number of hydrogen-bond acceptors (Lipinski definition) is 6. The molecule has 45 heavy (non-hydrogen) atoms. The van der Waals surface area contributed by atoms with Crippen molar-refractivity contribution in [2.24, 2.45) is 0 Å². The summed E-state index contributed by atoms with van der Waals surface area (Å²) >= 11 is 1.54. The van der Waals surface area contributed by atoms with Crippen molar-refractivity contribution in [1.82, 2.24) is 10.6 Å². The summed E-state index contributed by atoms with van der Waals surface area (Å²) in [6, 6.07) is 14.5. The maximum atomic E-state index is 12.9. The van der Waals surface area contributed by atoms with Gasteiger partial charge in [0.15, 0.2) is 0 Å². The van der Waals surface area contributed by atoms with E-state index in [9.17, 15) is 14.4 Å². The van der Waals surface area contributed by atoms with Gasteiger partial charge in [-0.2, -0.15) is 11.8 Å². The highest BCUT2D eigenvalue weighted by atomic mass is 32.2. The maximum Gasteiger partial charge on any atom is 0.407 e. The topological polar surface area (TPSA) is 93.7 Å². The summed E-state index contributed by atoms with van der Waals surface area (Å²) in [6.45, 7) is 10.3. The number of fused-ring (bicyclic) bond motifs is 3. The van der Waals surface area contributed by atoms with Crippen LogP contribution in [0.1, 0.15) is 77.3 Å². The molecule has 0 fully saturated rings. The van der Waals surface area contributed by atoms with E-state index < -0.39 is 30.1 Å². The van der Waals surface area contributed by atoms with Crippen LogP contribution < -0.4 is 10.6 Å². The quantitative estimate of drug-likeness (QED) is 0.112. The Morgan fingerprint density at radius 1 is 0.844 bits per heavy atom. The van der Waals surface area contributed by atoms with Crippen LogP contribution in [0.3, 0.4) is 0 Å². The number of methoxy groups -OCH3 is 1. The number of esters is 1. The third-order valence-corrected chi connectivity index (χ3v) is 8.80. The van der Waals surface area contributed by atoms with Crippen LogP contribution in [-0.2, 0) is 19.1 Å². The fourth-order valence-corrected chi connectivity index (χ4v) is 6.21. The average Bonchev–Trinajstić information content (AvgIpc) is 3.34. The Labute approximate surface area is 272 Å². The Bertz CT molecular complexity index is 1360. The Hall–Kier alpha value is -3.78. The van der Waals surface area contributed by atoms with Gasteiger partial charge in [-0.25, -0.2) is 9.59 Å². The minimum Gasteiger partial charge on any atom is -0.467 e. The molecule has 0 heterocycles. The van der Waals surface area contributed by atoms with Gasteiger partial charge in [-0.15, -0.1) is 0 Å². The standard InChI is InChI=1S/C37H48N2O5S/c1-25(2)13-11-14-26(3)15-12-16-27(4)21-22-45-24-34(36(41)43-6)39-35(40)28(5)38-37(42)44-23-33-31-19-9-7-17-29(31)30-18-8-10-20-32(30)33/h7-10,13,15,17-21,28,33-34H,11-12,14,16,22-24H2,1-6H3,(H,38,42)(H,39,40)/b26-15-,27-21-/t28-,34-/m0/s1. The molecular weight excluding hydrogens is 584 g/mol. The molecule has 0 radical (unpaired) electrons. The fourth-order valence-electron chi connectivity index (χ4n) is 5.22. The zero-order chi connectivity index (χ0) is 32.8. The van der Waals surface area contributed by atoms with Crippen molar-refractivity contribution in [2.45, 2.75) is 78.3 Å². The predicted octanol–water partition coefficient (Wildman–Crippen LogP) is 7.72. The molecule has 8 heteroatoms. The minimum absolute atomic E-state index is 0.0797. The van der Waals surface area contributed by atoms with Gasteiger partial charge in [-0.1, -0.05) is 83.5 Å². The second kappa shape index (κ2) is 18.3. The number of ether oxygens (including phenoxy) is 2. The lowest BCUT2D eigenvalue weighted by molar-refractivity contribution is -0.144. The molecule has 0 saturated carbocycles. The van der Waals surface area contributed by atoms with Crippen LogP contribution in [-0.4, -0.2) is 55.3 Å².